The lowest BCUT2D eigenvalue weighted by molar-refractivity contribution is 0.0646. The maximum absolute atomic E-state index is 14.8. The Bertz CT molecular complexity index is 1060. The third-order valence-corrected chi connectivity index (χ3v) is 7.38. The molecule has 5 nitrogen and oxygen atoms in total. The molecule has 2 amide bonds. The summed E-state index contributed by atoms with van der Waals surface area (Å²) in [6.45, 7) is 2.81. The van der Waals surface area contributed by atoms with Gasteiger partial charge in [0.2, 0.25) is 0 Å². The molecule has 1 saturated carbocycles. The molecule has 6 heteroatoms. The number of hydrogen-bond donors (Lipinski definition) is 0. The smallest absolute Gasteiger partial charge is 0.254 e. The minimum absolute atomic E-state index is 0.102. The molecule has 1 saturated heterocycles. The summed E-state index contributed by atoms with van der Waals surface area (Å²) < 4.78 is 14.8. The standard InChI is InChI=1S/C26H30FN3O2/c1-28(2)25(31)19-7-8-22(24(27)15-19)17-6-9-23-18(14-17)10-13-30(26(23)32)21-11-12-29(16-21)20-4-3-5-20/h6-9,14-15,20-21H,3-5,10-13,16H2,1-2H3/t21-/m0/s1. The summed E-state index contributed by atoms with van der Waals surface area (Å²) >= 11 is 0. The molecule has 2 aromatic rings. The Morgan fingerprint density at radius 2 is 1.78 bits per heavy atom. The van der Waals surface area contributed by atoms with E-state index >= 15 is 0 Å². The lowest BCUT2D eigenvalue weighted by Gasteiger charge is -2.37. The predicted octanol–water partition coefficient (Wildman–Crippen LogP) is 3.82. The van der Waals surface area contributed by atoms with E-state index in [4.69, 9.17) is 0 Å². The molecule has 0 aromatic heterocycles. The molecule has 0 unspecified atom stereocenters. The summed E-state index contributed by atoms with van der Waals surface area (Å²) in [5, 5.41) is 0. The maximum Gasteiger partial charge on any atom is 0.254 e. The van der Waals surface area contributed by atoms with Gasteiger partial charge in [-0.15, -0.1) is 0 Å². The van der Waals surface area contributed by atoms with Gasteiger partial charge in [0.15, 0.2) is 0 Å². The number of likely N-dealkylation sites (tertiary alicyclic amines) is 1. The third-order valence-electron chi connectivity index (χ3n) is 7.38. The van der Waals surface area contributed by atoms with Crippen LogP contribution < -0.4 is 0 Å². The minimum Gasteiger partial charge on any atom is -0.345 e. The largest absolute Gasteiger partial charge is 0.345 e. The fourth-order valence-electron chi connectivity index (χ4n) is 5.27. The van der Waals surface area contributed by atoms with Gasteiger partial charge >= 0.3 is 0 Å². The van der Waals surface area contributed by atoms with Gasteiger partial charge in [-0.1, -0.05) is 24.6 Å². The average molecular weight is 436 g/mol. The Balaban J connectivity index is 1.34. The number of nitrogens with zero attached hydrogens (tertiary/aromatic N) is 3. The summed E-state index contributed by atoms with van der Waals surface area (Å²) in [6, 6.07) is 11.2. The average Bonchev–Trinajstić information content (AvgIpc) is 3.20. The van der Waals surface area contributed by atoms with Crippen LogP contribution in [0.2, 0.25) is 0 Å². The van der Waals surface area contributed by atoms with Crippen LogP contribution in [0.5, 0.6) is 0 Å². The predicted molar refractivity (Wildman–Crippen MR) is 122 cm³/mol. The van der Waals surface area contributed by atoms with Crippen LogP contribution in [0.3, 0.4) is 0 Å². The lowest BCUT2D eigenvalue weighted by Crippen LogP contribution is -2.47. The zero-order valence-corrected chi connectivity index (χ0v) is 18.8. The van der Waals surface area contributed by atoms with Crippen LogP contribution in [0.4, 0.5) is 4.39 Å². The van der Waals surface area contributed by atoms with Gasteiger partial charge in [-0.2, -0.15) is 0 Å². The number of carbonyl (C=O) groups is 2. The molecule has 1 atom stereocenters. The molecule has 0 radical (unpaired) electrons. The van der Waals surface area contributed by atoms with Gasteiger partial charge in [-0.05, 0) is 55.0 Å². The number of halogens is 1. The fraction of sp³-hybridized carbons (Fsp3) is 0.462. The Hall–Kier alpha value is -2.73. The van der Waals surface area contributed by atoms with Crippen LogP contribution in [-0.2, 0) is 6.42 Å². The van der Waals surface area contributed by atoms with E-state index in [-0.39, 0.29) is 11.8 Å². The van der Waals surface area contributed by atoms with E-state index in [1.54, 1.807) is 26.2 Å². The summed E-state index contributed by atoms with van der Waals surface area (Å²) in [5.41, 5.74) is 3.23. The van der Waals surface area contributed by atoms with E-state index in [2.05, 4.69) is 9.80 Å². The molecular weight excluding hydrogens is 405 g/mol. The van der Waals surface area contributed by atoms with Gasteiger partial charge in [0, 0.05) is 62.5 Å². The molecule has 2 aromatic carbocycles. The van der Waals surface area contributed by atoms with E-state index in [1.165, 1.54) is 30.2 Å². The Morgan fingerprint density at radius 3 is 2.47 bits per heavy atom. The first kappa shape index (κ1) is 21.1. The first-order valence-electron chi connectivity index (χ1n) is 11.6. The highest BCUT2D eigenvalue weighted by Crippen LogP contribution is 2.33. The highest BCUT2D eigenvalue weighted by Gasteiger charge is 2.37. The van der Waals surface area contributed by atoms with E-state index in [0.717, 1.165) is 55.2 Å². The highest BCUT2D eigenvalue weighted by atomic mass is 19.1. The van der Waals surface area contributed by atoms with Crippen molar-refractivity contribution in [2.75, 3.05) is 33.7 Å². The Kier molecular flexibility index (Phi) is 5.49. The second kappa shape index (κ2) is 8.32. The van der Waals surface area contributed by atoms with Crippen molar-refractivity contribution in [1.82, 2.24) is 14.7 Å². The molecule has 2 fully saturated rings. The quantitative estimate of drug-likeness (QED) is 0.733. The van der Waals surface area contributed by atoms with Gasteiger partial charge in [-0.3, -0.25) is 14.5 Å². The van der Waals surface area contributed by atoms with Gasteiger partial charge in [0.1, 0.15) is 5.82 Å². The number of amides is 2. The lowest BCUT2D eigenvalue weighted by atomic mass is 9.91. The second-order valence-electron chi connectivity index (χ2n) is 9.54. The van der Waals surface area contributed by atoms with E-state index in [0.29, 0.717) is 17.2 Å². The van der Waals surface area contributed by atoms with E-state index < -0.39 is 5.82 Å². The number of carbonyl (C=O) groups excluding carboxylic acids is 2. The van der Waals surface area contributed by atoms with Crippen molar-refractivity contribution >= 4 is 11.8 Å². The zero-order chi connectivity index (χ0) is 22.4. The number of fused-ring (bicyclic) bond motifs is 1. The van der Waals surface area contributed by atoms with E-state index in [1.807, 2.05) is 18.2 Å². The van der Waals surface area contributed by atoms with Crippen molar-refractivity contribution in [2.24, 2.45) is 0 Å². The Morgan fingerprint density at radius 1 is 1.00 bits per heavy atom. The SMILES string of the molecule is CN(C)C(=O)c1ccc(-c2ccc3c(c2)CCN([C@H]2CCN(C4CCC4)C2)C3=O)c(F)c1. The summed E-state index contributed by atoms with van der Waals surface area (Å²) in [7, 11) is 3.29. The van der Waals surface area contributed by atoms with Crippen molar-refractivity contribution in [3.63, 3.8) is 0 Å². The molecule has 168 valence electrons. The van der Waals surface area contributed by atoms with Crippen LogP contribution in [0, 0.1) is 5.82 Å². The third kappa shape index (κ3) is 3.71. The van der Waals surface area contributed by atoms with Crippen molar-refractivity contribution < 1.29 is 14.0 Å². The number of hydrogen-bond acceptors (Lipinski definition) is 3. The number of benzene rings is 2. The maximum atomic E-state index is 14.8. The van der Waals surface area contributed by atoms with Crippen LogP contribution in [-0.4, -0.2) is 72.3 Å². The van der Waals surface area contributed by atoms with Gasteiger partial charge in [0.05, 0.1) is 0 Å². The second-order valence-corrected chi connectivity index (χ2v) is 9.54. The molecule has 1 aliphatic carbocycles. The summed E-state index contributed by atoms with van der Waals surface area (Å²) in [6.07, 6.45) is 5.77. The summed E-state index contributed by atoms with van der Waals surface area (Å²) in [5.74, 6) is -0.552. The van der Waals surface area contributed by atoms with Crippen molar-refractivity contribution in [3.05, 3.63) is 58.9 Å². The van der Waals surface area contributed by atoms with Crippen molar-refractivity contribution in [3.8, 4) is 11.1 Å². The molecule has 2 heterocycles. The normalized spacial score (nSPS) is 21.4. The molecule has 32 heavy (non-hydrogen) atoms. The number of rotatable bonds is 4. The minimum atomic E-state index is -0.427. The van der Waals surface area contributed by atoms with Crippen LogP contribution in [0.15, 0.2) is 36.4 Å². The summed E-state index contributed by atoms with van der Waals surface area (Å²) in [4.78, 5) is 31.4. The zero-order valence-electron chi connectivity index (χ0n) is 18.8. The van der Waals surface area contributed by atoms with Crippen LogP contribution in [0.1, 0.15) is 52.0 Å². The van der Waals surface area contributed by atoms with E-state index in [9.17, 15) is 14.0 Å². The molecule has 2 aliphatic heterocycles. The van der Waals surface area contributed by atoms with Crippen molar-refractivity contribution in [2.45, 2.75) is 44.2 Å². The van der Waals surface area contributed by atoms with Crippen LogP contribution >= 0.6 is 0 Å². The van der Waals surface area contributed by atoms with Crippen LogP contribution in [0.25, 0.3) is 11.1 Å². The molecule has 0 spiro atoms. The molecule has 5 rings (SSSR count). The molecule has 0 bridgehead atoms. The topological polar surface area (TPSA) is 43.9 Å². The van der Waals surface area contributed by atoms with Gasteiger partial charge < -0.3 is 9.80 Å². The molecule has 3 aliphatic rings. The van der Waals surface area contributed by atoms with Crippen molar-refractivity contribution in [1.29, 1.82) is 0 Å². The monoisotopic (exact) mass is 435 g/mol. The highest BCUT2D eigenvalue weighted by molar-refractivity contribution is 5.98. The van der Waals surface area contributed by atoms with Gasteiger partial charge in [-0.25, -0.2) is 4.39 Å². The fourth-order valence-corrected chi connectivity index (χ4v) is 5.27. The first-order valence-corrected chi connectivity index (χ1v) is 11.6. The Labute approximate surface area is 188 Å². The molecular formula is C26H30FN3O2. The molecule has 0 N–H and O–H groups in total. The first-order chi connectivity index (χ1) is 15.4. The van der Waals surface area contributed by atoms with Gasteiger partial charge in [0.25, 0.3) is 11.8 Å².